The number of ether oxygens (including phenoxy) is 1. The lowest BCUT2D eigenvalue weighted by Gasteiger charge is -2.15. The zero-order valence-electron chi connectivity index (χ0n) is 10.1. The SMILES string of the molecule is COc1nccc(N2CC(SC(C)=O)CC2=O)n1. The number of rotatable bonds is 3. The summed E-state index contributed by atoms with van der Waals surface area (Å²) in [4.78, 5) is 32.5. The summed E-state index contributed by atoms with van der Waals surface area (Å²) in [7, 11) is 1.47. The molecule has 0 aromatic carbocycles. The van der Waals surface area contributed by atoms with Gasteiger partial charge in [-0.25, -0.2) is 4.98 Å². The maximum absolute atomic E-state index is 11.9. The fourth-order valence-electron chi connectivity index (χ4n) is 1.79. The van der Waals surface area contributed by atoms with E-state index in [4.69, 9.17) is 4.74 Å². The third kappa shape index (κ3) is 2.79. The van der Waals surface area contributed by atoms with E-state index >= 15 is 0 Å². The van der Waals surface area contributed by atoms with Crippen molar-refractivity contribution < 1.29 is 14.3 Å². The van der Waals surface area contributed by atoms with Crippen molar-refractivity contribution in [3.8, 4) is 6.01 Å². The van der Waals surface area contributed by atoms with Crippen LogP contribution in [-0.4, -0.2) is 39.9 Å². The molecule has 1 aliphatic rings. The van der Waals surface area contributed by atoms with E-state index in [1.165, 1.54) is 25.8 Å². The minimum absolute atomic E-state index is 0.00374. The molecule has 1 atom stereocenters. The van der Waals surface area contributed by atoms with Crippen LogP contribution in [0.4, 0.5) is 5.82 Å². The molecule has 0 aliphatic carbocycles. The Morgan fingerprint density at radius 2 is 2.39 bits per heavy atom. The molecule has 1 fully saturated rings. The van der Waals surface area contributed by atoms with Gasteiger partial charge >= 0.3 is 6.01 Å². The molecule has 1 amide bonds. The lowest BCUT2D eigenvalue weighted by molar-refractivity contribution is -0.117. The van der Waals surface area contributed by atoms with Gasteiger partial charge in [-0.2, -0.15) is 4.98 Å². The van der Waals surface area contributed by atoms with Crippen molar-refractivity contribution in [1.29, 1.82) is 0 Å². The molecule has 1 unspecified atom stereocenters. The number of methoxy groups -OCH3 is 1. The summed E-state index contributed by atoms with van der Waals surface area (Å²) in [6, 6.07) is 1.88. The molecule has 1 aliphatic heterocycles. The molecule has 7 heteroatoms. The minimum Gasteiger partial charge on any atom is -0.467 e. The Kier molecular flexibility index (Phi) is 3.81. The number of carbonyl (C=O) groups is 2. The van der Waals surface area contributed by atoms with Gasteiger partial charge in [0.2, 0.25) is 5.91 Å². The lowest BCUT2D eigenvalue weighted by atomic mass is 10.4. The van der Waals surface area contributed by atoms with Crippen molar-refractivity contribution >= 4 is 28.6 Å². The topological polar surface area (TPSA) is 72.4 Å². The average Bonchev–Trinajstić information content (AvgIpc) is 2.69. The van der Waals surface area contributed by atoms with Crippen molar-refractivity contribution in [2.45, 2.75) is 18.6 Å². The minimum atomic E-state index is -0.0329. The van der Waals surface area contributed by atoms with Crippen molar-refractivity contribution in [2.75, 3.05) is 18.6 Å². The number of thioether (sulfide) groups is 1. The summed E-state index contributed by atoms with van der Waals surface area (Å²) < 4.78 is 4.92. The Bertz CT molecular complexity index is 480. The standard InChI is InChI=1S/C11H13N3O3S/c1-7(15)18-8-5-10(16)14(6-8)9-3-4-12-11(13-9)17-2/h3-4,8H,5-6H2,1-2H3. The van der Waals surface area contributed by atoms with Crippen LogP contribution in [0.3, 0.4) is 0 Å². The summed E-state index contributed by atoms with van der Waals surface area (Å²) in [6.07, 6.45) is 1.90. The molecule has 1 saturated heterocycles. The highest BCUT2D eigenvalue weighted by molar-refractivity contribution is 8.14. The monoisotopic (exact) mass is 267 g/mol. The third-order valence-electron chi connectivity index (χ3n) is 2.50. The first-order valence-electron chi connectivity index (χ1n) is 5.44. The average molecular weight is 267 g/mol. The van der Waals surface area contributed by atoms with Crippen LogP contribution in [0.15, 0.2) is 12.3 Å². The Labute approximate surface area is 109 Å². The van der Waals surface area contributed by atoms with E-state index < -0.39 is 0 Å². The summed E-state index contributed by atoms with van der Waals surface area (Å²) in [5, 5.41) is 0.0193. The molecule has 2 heterocycles. The lowest BCUT2D eigenvalue weighted by Crippen LogP contribution is -2.26. The van der Waals surface area contributed by atoms with E-state index in [1.54, 1.807) is 17.2 Å². The predicted octanol–water partition coefficient (Wildman–Crippen LogP) is 0.870. The van der Waals surface area contributed by atoms with E-state index in [0.29, 0.717) is 18.8 Å². The zero-order chi connectivity index (χ0) is 13.1. The first-order valence-corrected chi connectivity index (χ1v) is 6.32. The van der Waals surface area contributed by atoms with Gasteiger partial charge in [0.15, 0.2) is 5.12 Å². The molecule has 6 nitrogen and oxygen atoms in total. The molecule has 0 spiro atoms. The van der Waals surface area contributed by atoms with Gasteiger partial charge in [-0.05, 0) is 6.07 Å². The molecule has 18 heavy (non-hydrogen) atoms. The molecule has 2 rings (SSSR count). The van der Waals surface area contributed by atoms with Gasteiger partial charge in [0.05, 0.1) is 7.11 Å². The maximum Gasteiger partial charge on any atom is 0.318 e. The van der Waals surface area contributed by atoms with E-state index in [1.807, 2.05) is 0 Å². The number of aromatic nitrogens is 2. The van der Waals surface area contributed by atoms with Crippen LogP contribution in [-0.2, 0) is 9.59 Å². The van der Waals surface area contributed by atoms with Gasteiger partial charge in [-0.3, -0.25) is 14.5 Å². The maximum atomic E-state index is 11.9. The molecule has 0 radical (unpaired) electrons. The van der Waals surface area contributed by atoms with Crippen LogP contribution in [0.25, 0.3) is 0 Å². The van der Waals surface area contributed by atoms with Crippen molar-refractivity contribution in [1.82, 2.24) is 9.97 Å². The fourth-order valence-corrected chi connectivity index (χ4v) is 2.71. The molecular formula is C11H13N3O3S. The molecular weight excluding hydrogens is 254 g/mol. The smallest absolute Gasteiger partial charge is 0.318 e. The van der Waals surface area contributed by atoms with Gasteiger partial charge in [-0.15, -0.1) is 0 Å². The second-order valence-electron chi connectivity index (χ2n) is 3.84. The Hall–Kier alpha value is -1.63. The summed E-state index contributed by atoms with van der Waals surface area (Å²) in [6.45, 7) is 1.99. The molecule has 1 aromatic rings. The Balaban J connectivity index is 2.13. The summed E-state index contributed by atoms with van der Waals surface area (Å²) >= 11 is 1.20. The van der Waals surface area contributed by atoms with Crippen LogP contribution in [0, 0.1) is 0 Å². The largest absolute Gasteiger partial charge is 0.467 e. The fraction of sp³-hybridized carbons (Fsp3) is 0.455. The molecule has 0 N–H and O–H groups in total. The van der Waals surface area contributed by atoms with Crippen LogP contribution in [0.2, 0.25) is 0 Å². The number of nitrogens with zero attached hydrogens (tertiary/aromatic N) is 3. The van der Waals surface area contributed by atoms with Gasteiger partial charge in [0, 0.05) is 31.3 Å². The second-order valence-corrected chi connectivity index (χ2v) is 5.32. The van der Waals surface area contributed by atoms with Crippen molar-refractivity contribution in [2.24, 2.45) is 0 Å². The highest BCUT2D eigenvalue weighted by atomic mass is 32.2. The van der Waals surface area contributed by atoms with Crippen LogP contribution in [0.1, 0.15) is 13.3 Å². The normalized spacial score (nSPS) is 19.1. The second kappa shape index (κ2) is 5.34. The predicted molar refractivity (Wildman–Crippen MR) is 67.6 cm³/mol. The van der Waals surface area contributed by atoms with E-state index in [0.717, 1.165) is 0 Å². The molecule has 96 valence electrons. The first-order chi connectivity index (χ1) is 8.60. The highest BCUT2D eigenvalue weighted by Gasteiger charge is 2.32. The molecule has 0 bridgehead atoms. The molecule has 1 aromatic heterocycles. The van der Waals surface area contributed by atoms with E-state index in [9.17, 15) is 9.59 Å². The number of anilines is 1. The Morgan fingerprint density at radius 1 is 1.61 bits per heavy atom. The third-order valence-corrected chi connectivity index (χ3v) is 3.48. The van der Waals surface area contributed by atoms with Gasteiger partial charge < -0.3 is 4.74 Å². The Morgan fingerprint density at radius 3 is 3.06 bits per heavy atom. The van der Waals surface area contributed by atoms with Crippen molar-refractivity contribution in [3.05, 3.63) is 12.3 Å². The van der Waals surface area contributed by atoms with Gasteiger partial charge in [-0.1, -0.05) is 11.8 Å². The number of hydrogen-bond acceptors (Lipinski definition) is 6. The number of amides is 1. The number of carbonyl (C=O) groups excluding carboxylic acids is 2. The van der Waals surface area contributed by atoms with Crippen LogP contribution >= 0.6 is 11.8 Å². The molecule has 0 saturated carbocycles. The van der Waals surface area contributed by atoms with Gasteiger partial charge in [0.1, 0.15) is 5.82 Å². The summed E-state index contributed by atoms with van der Waals surface area (Å²) in [5.41, 5.74) is 0. The van der Waals surface area contributed by atoms with Crippen LogP contribution < -0.4 is 9.64 Å². The first kappa shape index (κ1) is 12.8. The zero-order valence-corrected chi connectivity index (χ0v) is 10.9. The summed E-state index contributed by atoms with van der Waals surface area (Å²) in [5.74, 6) is 0.480. The van der Waals surface area contributed by atoms with E-state index in [-0.39, 0.29) is 22.3 Å². The van der Waals surface area contributed by atoms with Crippen molar-refractivity contribution in [3.63, 3.8) is 0 Å². The van der Waals surface area contributed by atoms with E-state index in [2.05, 4.69) is 9.97 Å². The van der Waals surface area contributed by atoms with Crippen LogP contribution in [0.5, 0.6) is 6.01 Å². The number of hydrogen-bond donors (Lipinski definition) is 0. The highest BCUT2D eigenvalue weighted by Crippen LogP contribution is 2.27. The van der Waals surface area contributed by atoms with Gasteiger partial charge in [0.25, 0.3) is 0 Å². The quantitative estimate of drug-likeness (QED) is 0.809.